The molecule has 0 amide bonds. The van der Waals surface area contributed by atoms with E-state index in [1.54, 1.807) is 6.07 Å². The van der Waals surface area contributed by atoms with Gasteiger partial charge in [0.25, 0.3) is 11.4 Å². The summed E-state index contributed by atoms with van der Waals surface area (Å²) in [5, 5.41) is 27.6. The van der Waals surface area contributed by atoms with Crippen LogP contribution in [0.15, 0.2) is 24.3 Å². The first kappa shape index (κ1) is 16.9. The Morgan fingerprint density at radius 3 is 1.38 bits per heavy atom. The van der Waals surface area contributed by atoms with Gasteiger partial charge in [0.05, 0.1) is 15.9 Å². The quantitative estimate of drug-likeness (QED) is 0.435. The summed E-state index contributed by atoms with van der Waals surface area (Å²) in [6, 6.07) is 6.13. The third kappa shape index (κ3) is 6.08. The molecule has 0 unspecified atom stereocenters. The molecule has 16 heavy (non-hydrogen) atoms. The molecule has 1 rings (SSSR count). The number of nitriles is 1. The summed E-state index contributed by atoms with van der Waals surface area (Å²) in [6.45, 7) is 1.43. The van der Waals surface area contributed by atoms with Gasteiger partial charge in [-0.15, -0.1) is 0 Å². The molecule has 0 aliphatic carbocycles. The van der Waals surface area contributed by atoms with Gasteiger partial charge in [-0.1, -0.05) is 0 Å². The molecule has 0 spiro atoms. The van der Waals surface area contributed by atoms with Gasteiger partial charge < -0.3 is 0 Å². The average Bonchev–Trinajstić information content (AvgIpc) is 2.19. The molecule has 8 heteroatoms. The van der Waals surface area contributed by atoms with Crippen molar-refractivity contribution in [1.82, 2.24) is 0 Å². The summed E-state index contributed by atoms with van der Waals surface area (Å²) >= 11 is 0. The van der Waals surface area contributed by atoms with Crippen LogP contribution in [0.1, 0.15) is 6.92 Å². The zero-order valence-corrected chi connectivity index (χ0v) is 7.78. The van der Waals surface area contributed by atoms with Gasteiger partial charge in [-0.2, -0.15) is 5.26 Å². The van der Waals surface area contributed by atoms with Crippen LogP contribution in [0.4, 0.5) is 11.4 Å². The second-order valence-electron chi connectivity index (χ2n) is 2.25. The van der Waals surface area contributed by atoms with Crippen LogP contribution >= 0.6 is 0 Å². The maximum atomic E-state index is 10.1. The van der Waals surface area contributed by atoms with Crippen LogP contribution < -0.4 is 0 Å². The summed E-state index contributed by atoms with van der Waals surface area (Å²) in [4.78, 5) is 19.0. The van der Waals surface area contributed by atoms with Gasteiger partial charge in [0.15, 0.2) is 0 Å². The molecule has 0 radical (unpaired) electrons. The summed E-state index contributed by atoms with van der Waals surface area (Å²) in [6.07, 6.45) is 0. The van der Waals surface area contributed by atoms with E-state index >= 15 is 0 Å². The van der Waals surface area contributed by atoms with Crippen molar-refractivity contribution in [3.05, 3.63) is 44.5 Å². The standard InChI is InChI=1S/C6H4N2O4.C2H3N.Na.H/c9-7(10)5-1-2-6(4-3-5)8(11)12;1-2-3;;/h1-4H;1H3;;. The number of benzene rings is 1. The average molecular weight is 233 g/mol. The monoisotopic (exact) mass is 233 g/mol. The van der Waals surface area contributed by atoms with Crippen molar-refractivity contribution in [3.8, 4) is 6.07 Å². The predicted molar refractivity (Wildman–Crippen MR) is 58.2 cm³/mol. The van der Waals surface area contributed by atoms with E-state index in [4.69, 9.17) is 5.26 Å². The maximum absolute atomic E-state index is 10.1. The number of hydrogen-bond donors (Lipinski definition) is 0. The summed E-state index contributed by atoms with van der Waals surface area (Å²) in [7, 11) is 0. The molecule has 0 saturated carbocycles. The Hall–Kier alpha value is -1.49. The number of nitro benzene ring substituents is 2. The minimum atomic E-state index is -0.607. The molecule has 0 saturated heterocycles. The predicted octanol–water partition coefficient (Wildman–Crippen LogP) is 1.38. The van der Waals surface area contributed by atoms with Crippen LogP contribution in [-0.2, 0) is 0 Å². The third-order valence-electron chi connectivity index (χ3n) is 1.27. The van der Waals surface area contributed by atoms with E-state index in [1.807, 2.05) is 0 Å². The van der Waals surface area contributed by atoms with E-state index in [2.05, 4.69) is 0 Å². The Labute approximate surface area is 113 Å². The van der Waals surface area contributed by atoms with Crippen molar-refractivity contribution < 1.29 is 9.85 Å². The summed E-state index contributed by atoms with van der Waals surface area (Å²) in [5.74, 6) is 0. The second kappa shape index (κ2) is 8.79. The summed E-state index contributed by atoms with van der Waals surface area (Å²) < 4.78 is 0. The van der Waals surface area contributed by atoms with Crippen molar-refractivity contribution in [2.24, 2.45) is 0 Å². The summed E-state index contributed by atoms with van der Waals surface area (Å²) in [5.41, 5.74) is -0.304. The van der Waals surface area contributed by atoms with Gasteiger partial charge in [0.1, 0.15) is 0 Å². The molecule has 0 fully saturated rings. The van der Waals surface area contributed by atoms with Crippen LogP contribution in [0.3, 0.4) is 0 Å². The molecule has 0 heterocycles. The first-order chi connectivity index (χ1) is 7.02. The van der Waals surface area contributed by atoms with Crippen LogP contribution in [0.5, 0.6) is 0 Å². The van der Waals surface area contributed by atoms with E-state index in [-0.39, 0.29) is 40.9 Å². The molecule has 0 N–H and O–H groups in total. The van der Waals surface area contributed by atoms with Crippen molar-refractivity contribution in [1.29, 1.82) is 5.26 Å². The Morgan fingerprint density at radius 2 is 1.25 bits per heavy atom. The number of hydrogen-bond acceptors (Lipinski definition) is 5. The molecule has 80 valence electrons. The van der Waals surface area contributed by atoms with Crippen molar-refractivity contribution in [2.45, 2.75) is 6.92 Å². The Balaban J connectivity index is 0. The minimum absolute atomic E-state index is 0. The van der Waals surface area contributed by atoms with Gasteiger partial charge in [0, 0.05) is 31.2 Å². The Morgan fingerprint density at radius 1 is 1.06 bits per heavy atom. The molecule has 0 atom stereocenters. The molecule has 7 nitrogen and oxygen atoms in total. The van der Waals surface area contributed by atoms with E-state index < -0.39 is 9.85 Å². The van der Waals surface area contributed by atoms with Crippen LogP contribution in [0.2, 0.25) is 0 Å². The number of non-ortho nitro benzene ring substituents is 2. The normalized spacial score (nSPS) is 7.50. The molecular formula is C8H8N3NaO4. The van der Waals surface area contributed by atoms with Crippen LogP contribution in [0.25, 0.3) is 0 Å². The molecular weight excluding hydrogens is 225 g/mol. The SMILES string of the molecule is CC#N.O=[N+]([O-])c1ccc([N+](=O)[O-])cc1.[NaH]. The van der Waals surface area contributed by atoms with Gasteiger partial charge >= 0.3 is 29.6 Å². The van der Waals surface area contributed by atoms with Gasteiger partial charge in [-0.25, -0.2) is 0 Å². The molecule has 0 bridgehead atoms. The van der Waals surface area contributed by atoms with Crippen LogP contribution in [-0.4, -0.2) is 39.4 Å². The number of rotatable bonds is 2. The van der Waals surface area contributed by atoms with E-state index in [0.717, 1.165) is 24.3 Å². The number of nitro groups is 2. The van der Waals surface area contributed by atoms with Crippen molar-refractivity contribution in [2.75, 3.05) is 0 Å². The van der Waals surface area contributed by atoms with Crippen LogP contribution in [0, 0.1) is 31.6 Å². The topological polar surface area (TPSA) is 110 Å². The fourth-order valence-electron chi connectivity index (χ4n) is 0.696. The van der Waals surface area contributed by atoms with Gasteiger partial charge in [0.2, 0.25) is 0 Å². The first-order valence-corrected chi connectivity index (χ1v) is 3.72. The Kier molecular flexibility index (Phi) is 9.30. The van der Waals surface area contributed by atoms with E-state index in [1.165, 1.54) is 6.92 Å². The van der Waals surface area contributed by atoms with Gasteiger partial charge in [-0.3, -0.25) is 20.2 Å². The second-order valence-corrected chi connectivity index (χ2v) is 2.25. The van der Waals surface area contributed by atoms with Crippen molar-refractivity contribution in [3.63, 3.8) is 0 Å². The van der Waals surface area contributed by atoms with Crippen molar-refractivity contribution >= 4 is 40.9 Å². The molecule has 1 aromatic carbocycles. The fraction of sp³-hybridized carbons (Fsp3) is 0.125. The zero-order valence-electron chi connectivity index (χ0n) is 7.78. The van der Waals surface area contributed by atoms with E-state index in [0.29, 0.717) is 0 Å². The van der Waals surface area contributed by atoms with Gasteiger partial charge in [-0.05, 0) is 0 Å². The molecule has 0 aromatic heterocycles. The fourth-order valence-corrected chi connectivity index (χ4v) is 0.696. The Bertz CT molecular complexity index is 366. The zero-order chi connectivity index (χ0) is 11.8. The first-order valence-electron chi connectivity index (χ1n) is 3.72. The molecule has 1 aromatic rings. The molecule has 0 aliphatic rings. The third-order valence-corrected chi connectivity index (χ3v) is 1.27. The molecule has 0 aliphatic heterocycles. The van der Waals surface area contributed by atoms with E-state index in [9.17, 15) is 20.2 Å². The number of nitrogens with zero attached hydrogens (tertiary/aromatic N) is 3.